The van der Waals surface area contributed by atoms with E-state index in [1.54, 1.807) is 16.3 Å². The van der Waals surface area contributed by atoms with Gasteiger partial charge >= 0.3 is 0 Å². The highest BCUT2D eigenvalue weighted by Crippen LogP contribution is 2.34. The summed E-state index contributed by atoms with van der Waals surface area (Å²) < 4.78 is 1.75. The predicted molar refractivity (Wildman–Crippen MR) is 99.4 cm³/mol. The Kier molecular flexibility index (Phi) is 4.15. The number of hydrogen-bond acceptors (Lipinski definition) is 4. The summed E-state index contributed by atoms with van der Waals surface area (Å²) in [6.45, 7) is 3.98. The van der Waals surface area contributed by atoms with Gasteiger partial charge in [-0.25, -0.2) is 4.98 Å². The lowest BCUT2D eigenvalue weighted by atomic mass is 10.1. The number of anilines is 1. The molecule has 2 heterocycles. The number of nitrogens with zero attached hydrogens (tertiary/aromatic N) is 2. The highest BCUT2D eigenvalue weighted by atomic mass is 32.2. The van der Waals surface area contributed by atoms with Crippen molar-refractivity contribution in [1.29, 1.82) is 0 Å². The largest absolute Gasteiger partial charge is 0.326 e. The van der Waals surface area contributed by atoms with E-state index < -0.39 is 0 Å². The minimum atomic E-state index is -0.115. The summed E-state index contributed by atoms with van der Waals surface area (Å²) in [5, 5.41) is 3.77. The first kappa shape index (κ1) is 16.4. The molecule has 0 radical (unpaired) electrons. The fourth-order valence-corrected chi connectivity index (χ4v) is 4.74. The molecule has 0 bridgehead atoms. The zero-order valence-electron chi connectivity index (χ0n) is 14.5. The van der Waals surface area contributed by atoms with Crippen molar-refractivity contribution in [1.82, 2.24) is 9.55 Å². The second-order valence-electron chi connectivity index (χ2n) is 6.88. The molecule has 0 spiro atoms. The molecule has 2 aromatic rings. The molecule has 1 aromatic carbocycles. The quantitative estimate of drug-likeness (QED) is 0.860. The van der Waals surface area contributed by atoms with Gasteiger partial charge in [-0.3, -0.25) is 14.2 Å². The molecule has 0 saturated carbocycles. The highest BCUT2D eigenvalue weighted by molar-refractivity contribution is 7.99. The molecular formula is C19H21N3O2S. The maximum absolute atomic E-state index is 12.8. The van der Waals surface area contributed by atoms with Gasteiger partial charge < -0.3 is 5.32 Å². The van der Waals surface area contributed by atoms with Gasteiger partial charge in [0.1, 0.15) is 0 Å². The third-order valence-corrected chi connectivity index (χ3v) is 6.06. The van der Waals surface area contributed by atoms with Gasteiger partial charge in [-0.15, -0.1) is 0 Å². The maximum atomic E-state index is 12.8. The van der Waals surface area contributed by atoms with E-state index in [-0.39, 0.29) is 17.5 Å². The standard InChI is InChI=1S/C19H21N3O2S/c1-11-6-7-12(2)16(8-11)20-17(23)9-13-10-25-19-21-15-5-3-4-14(15)18(24)22(13)19/h6-8,13H,3-5,9-10H2,1-2H3,(H,20,23). The average molecular weight is 355 g/mol. The van der Waals surface area contributed by atoms with Crippen molar-refractivity contribution < 1.29 is 4.79 Å². The number of carbonyl (C=O) groups excluding carboxylic acids is 1. The van der Waals surface area contributed by atoms with Gasteiger partial charge in [-0.2, -0.15) is 0 Å². The van der Waals surface area contributed by atoms with Crippen molar-refractivity contribution in [2.24, 2.45) is 0 Å². The summed E-state index contributed by atoms with van der Waals surface area (Å²) in [6, 6.07) is 5.89. The summed E-state index contributed by atoms with van der Waals surface area (Å²) in [7, 11) is 0. The molecule has 25 heavy (non-hydrogen) atoms. The van der Waals surface area contributed by atoms with Crippen LogP contribution in [0.5, 0.6) is 0 Å². The van der Waals surface area contributed by atoms with Crippen LogP contribution in [0.4, 0.5) is 5.69 Å². The number of thioether (sulfide) groups is 1. The minimum Gasteiger partial charge on any atom is -0.326 e. The van der Waals surface area contributed by atoms with Crippen LogP contribution in [0.25, 0.3) is 0 Å². The number of carbonyl (C=O) groups is 1. The number of nitrogens with one attached hydrogen (secondary N) is 1. The monoisotopic (exact) mass is 355 g/mol. The highest BCUT2D eigenvalue weighted by Gasteiger charge is 2.31. The summed E-state index contributed by atoms with van der Waals surface area (Å²) in [5.41, 5.74) is 4.87. The molecule has 130 valence electrons. The number of rotatable bonds is 3. The molecule has 1 amide bonds. The Morgan fingerprint density at radius 1 is 1.36 bits per heavy atom. The lowest BCUT2D eigenvalue weighted by molar-refractivity contribution is -0.116. The van der Waals surface area contributed by atoms with Gasteiger partial charge in [0.15, 0.2) is 5.16 Å². The third-order valence-electron chi connectivity index (χ3n) is 4.96. The number of benzene rings is 1. The molecule has 2 aliphatic rings. The smallest absolute Gasteiger partial charge is 0.257 e. The average Bonchev–Trinajstić information content (AvgIpc) is 3.19. The lowest BCUT2D eigenvalue weighted by Crippen LogP contribution is -2.30. The second-order valence-corrected chi connectivity index (χ2v) is 7.87. The number of hydrogen-bond donors (Lipinski definition) is 1. The van der Waals surface area contributed by atoms with Crippen LogP contribution in [-0.2, 0) is 17.6 Å². The summed E-state index contributed by atoms with van der Waals surface area (Å²) in [5.74, 6) is 0.672. The molecule has 1 aliphatic carbocycles. The van der Waals surface area contributed by atoms with E-state index in [0.29, 0.717) is 6.42 Å². The molecule has 0 fully saturated rings. The summed E-state index contributed by atoms with van der Waals surface area (Å²) >= 11 is 1.58. The first-order valence-electron chi connectivity index (χ1n) is 8.67. The van der Waals surface area contributed by atoms with E-state index in [1.807, 2.05) is 32.0 Å². The molecule has 1 atom stereocenters. The Morgan fingerprint density at radius 3 is 3.04 bits per heavy atom. The molecule has 0 saturated heterocycles. The van der Waals surface area contributed by atoms with E-state index in [9.17, 15) is 9.59 Å². The summed E-state index contributed by atoms with van der Waals surface area (Å²) in [6.07, 6.45) is 3.02. The molecule has 1 unspecified atom stereocenters. The van der Waals surface area contributed by atoms with Gasteiger partial charge in [-0.1, -0.05) is 23.9 Å². The lowest BCUT2D eigenvalue weighted by Gasteiger charge is -2.15. The van der Waals surface area contributed by atoms with E-state index in [1.165, 1.54) is 0 Å². The van der Waals surface area contributed by atoms with Gasteiger partial charge in [0.25, 0.3) is 5.56 Å². The first-order valence-corrected chi connectivity index (χ1v) is 9.65. The molecule has 5 nitrogen and oxygen atoms in total. The number of amides is 1. The Labute approximate surface area is 150 Å². The Morgan fingerprint density at radius 2 is 2.20 bits per heavy atom. The van der Waals surface area contributed by atoms with Gasteiger partial charge in [-0.05, 0) is 50.3 Å². The van der Waals surface area contributed by atoms with Crippen LogP contribution in [0.15, 0.2) is 28.2 Å². The van der Waals surface area contributed by atoms with E-state index in [4.69, 9.17) is 0 Å². The topological polar surface area (TPSA) is 64.0 Å². The predicted octanol–water partition coefficient (Wildman–Crippen LogP) is 3.02. The van der Waals surface area contributed by atoms with Crippen LogP contribution in [0.3, 0.4) is 0 Å². The van der Waals surface area contributed by atoms with Crippen LogP contribution in [-0.4, -0.2) is 21.2 Å². The number of aryl methyl sites for hydroxylation is 3. The van der Waals surface area contributed by atoms with Crippen LogP contribution < -0.4 is 10.9 Å². The molecule has 1 aliphatic heterocycles. The molecular weight excluding hydrogens is 334 g/mol. The molecule has 4 rings (SSSR count). The van der Waals surface area contributed by atoms with Crippen molar-refractivity contribution >= 4 is 23.4 Å². The number of fused-ring (bicyclic) bond motifs is 2. The Bertz CT molecular complexity index is 920. The minimum absolute atomic E-state index is 0.0560. The van der Waals surface area contributed by atoms with Gasteiger partial charge in [0, 0.05) is 23.4 Å². The SMILES string of the molecule is Cc1ccc(C)c(NC(=O)CC2CSc3nc4c(c(=O)n32)CCC4)c1. The van der Waals surface area contributed by atoms with Gasteiger partial charge in [0.2, 0.25) is 5.91 Å². The number of aromatic nitrogens is 2. The van der Waals surface area contributed by atoms with Crippen LogP contribution in [0.2, 0.25) is 0 Å². The van der Waals surface area contributed by atoms with Gasteiger partial charge in [0.05, 0.1) is 11.7 Å². The maximum Gasteiger partial charge on any atom is 0.257 e. The Hall–Kier alpha value is -2.08. The van der Waals surface area contributed by atoms with E-state index in [0.717, 1.165) is 58.2 Å². The van der Waals surface area contributed by atoms with E-state index in [2.05, 4.69) is 10.3 Å². The van der Waals surface area contributed by atoms with Crippen molar-refractivity contribution in [3.8, 4) is 0 Å². The fourth-order valence-electron chi connectivity index (χ4n) is 3.59. The fraction of sp³-hybridized carbons (Fsp3) is 0.421. The first-order chi connectivity index (χ1) is 12.0. The van der Waals surface area contributed by atoms with E-state index >= 15 is 0 Å². The van der Waals surface area contributed by atoms with Crippen LogP contribution in [0.1, 0.15) is 41.3 Å². The molecule has 1 N–H and O–H groups in total. The molecule has 6 heteroatoms. The molecule has 1 aromatic heterocycles. The zero-order valence-corrected chi connectivity index (χ0v) is 15.3. The van der Waals surface area contributed by atoms with Crippen LogP contribution in [0, 0.1) is 13.8 Å². The summed E-state index contributed by atoms with van der Waals surface area (Å²) in [4.78, 5) is 30.0. The van der Waals surface area contributed by atoms with Crippen molar-refractivity contribution in [3.05, 3.63) is 50.9 Å². The second kappa shape index (κ2) is 6.33. The van der Waals surface area contributed by atoms with Crippen molar-refractivity contribution in [2.75, 3.05) is 11.1 Å². The Balaban J connectivity index is 1.55. The van der Waals surface area contributed by atoms with Crippen molar-refractivity contribution in [3.63, 3.8) is 0 Å². The van der Waals surface area contributed by atoms with Crippen molar-refractivity contribution in [2.45, 2.75) is 50.7 Å². The van der Waals surface area contributed by atoms with Crippen LogP contribution >= 0.6 is 11.8 Å². The third kappa shape index (κ3) is 2.99. The zero-order chi connectivity index (χ0) is 17.6. The normalized spacial score (nSPS) is 18.1.